The number of rotatable bonds is 1. The molecule has 2 N–H and O–H groups in total. The van der Waals surface area contributed by atoms with Crippen molar-refractivity contribution in [1.82, 2.24) is 0 Å². The van der Waals surface area contributed by atoms with Gasteiger partial charge in [-0.05, 0) is 36.2 Å². The lowest BCUT2D eigenvalue weighted by Crippen LogP contribution is -1.82. The van der Waals surface area contributed by atoms with Crippen molar-refractivity contribution in [3.05, 3.63) is 42.0 Å². The summed E-state index contributed by atoms with van der Waals surface area (Å²) in [4.78, 5) is 0.919. The van der Waals surface area contributed by atoms with Crippen LogP contribution in [-0.4, -0.2) is 10.2 Å². The third-order valence-corrected chi connectivity index (χ3v) is 2.99. The predicted molar refractivity (Wildman–Crippen MR) is 67.2 cm³/mol. The zero-order valence-corrected chi connectivity index (χ0v) is 9.70. The van der Waals surface area contributed by atoms with Gasteiger partial charge in [-0.25, -0.2) is 0 Å². The van der Waals surface area contributed by atoms with Crippen LogP contribution in [0.25, 0.3) is 11.1 Å². The zero-order chi connectivity index (χ0) is 11.7. The average molecular weight is 232 g/mol. The Balaban J connectivity index is 2.54. The van der Waals surface area contributed by atoms with E-state index in [0.717, 1.165) is 16.0 Å². The topological polar surface area (TPSA) is 40.5 Å². The van der Waals surface area contributed by atoms with Crippen molar-refractivity contribution in [1.29, 1.82) is 0 Å². The lowest BCUT2D eigenvalue weighted by molar-refractivity contribution is 0.452. The molecule has 16 heavy (non-hydrogen) atoms. The van der Waals surface area contributed by atoms with E-state index in [-0.39, 0.29) is 11.5 Å². The van der Waals surface area contributed by atoms with Crippen molar-refractivity contribution in [3.8, 4) is 22.6 Å². The SMILES string of the molecule is Cc1cc(-c2ccc(O)cc2O)ccc1S. The summed E-state index contributed by atoms with van der Waals surface area (Å²) in [7, 11) is 0. The maximum absolute atomic E-state index is 9.73. The molecule has 0 atom stereocenters. The fourth-order valence-corrected chi connectivity index (χ4v) is 1.73. The molecule has 0 amide bonds. The molecule has 0 radical (unpaired) electrons. The minimum absolute atomic E-state index is 0.0591. The predicted octanol–water partition coefficient (Wildman–Crippen LogP) is 3.36. The van der Waals surface area contributed by atoms with E-state index in [9.17, 15) is 10.2 Å². The van der Waals surface area contributed by atoms with E-state index in [2.05, 4.69) is 12.6 Å². The molecule has 0 aliphatic heterocycles. The Morgan fingerprint density at radius 1 is 1.00 bits per heavy atom. The van der Waals surface area contributed by atoms with Crippen molar-refractivity contribution in [2.45, 2.75) is 11.8 Å². The maximum atomic E-state index is 9.73. The summed E-state index contributed by atoms with van der Waals surface area (Å²) < 4.78 is 0. The van der Waals surface area contributed by atoms with Crippen LogP contribution >= 0.6 is 12.6 Å². The van der Waals surface area contributed by atoms with Gasteiger partial charge in [0, 0.05) is 16.5 Å². The van der Waals surface area contributed by atoms with Gasteiger partial charge in [-0.3, -0.25) is 0 Å². The quantitative estimate of drug-likeness (QED) is 0.660. The molecule has 2 nitrogen and oxygen atoms in total. The number of phenols is 2. The van der Waals surface area contributed by atoms with Gasteiger partial charge in [-0.1, -0.05) is 12.1 Å². The summed E-state index contributed by atoms with van der Waals surface area (Å²) in [5, 5.41) is 18.9. The molecule has 0 saturated carbocycles. The molecule has 0 aliphatic rings. The lowest BCUT2D eigenvalue weighted by atomic mass is 10.0. The number of phenolic OH excluding ortho intramolecular Hbond substituents is 2. The second kappa shape index (κ2) is 4.10. The average Bonchev–Trinajstić information content (AvgIpc) is 2.22. The molecular weight excluding hydrogens is 220 g/mol. The van der Waals surface area contributed by atoms with Crippen LogP contribution < -0.4 is 0 Å². The van der Waals surface area contributed by atoms with Crippen molar-refractivity contribution in [2.24, 2.45) is 0 Å². The molecule has 0 aliphatic carbocycles. The molecule has 0 saturated heterocycles. The number of aromatic hydroxyl groups is 2. The summed E-state index contributed by atoms with van der Waals surface area (Å²) >= 11 is 4.30. The smallest absolute Gasteiger partial charge is 0.127 e. The van der Waals surface area contributed by atoms with Gasteiger partial charge in [0.25, 0.3) is 0 Å². The van der Waals surface area contributed by atoms with E-state index in [0.29, 0.717) is 5.56 Å². The van der Waals surface area contributed by atoms with Gasteiger partial charge in [0.2, 0.25) is 0 Å². The van der Waals surface area contributed by atoms with Crippen LogP contribution in [0.3, 0.4) is 0 Å². The summed E-state index contributed by atoms with van der Waals surface area (Å²) in [5.74, 6) is 0.134. The molecule has 0 aromatic heterocycles. The fraction of sp³-hybridized carbons (Fsp3) is 0.0769. The number of thiol groups is 1. The van der Waals surface area contributed by atoms with Crippen LogP contribution in [0.1, 0.15) is 5.56 Å². The summed E-state index contributed by atoms with van der Waals surface area (Å²) in [6.45, 7) is 1.96. The van der Waals surface area contributed by atoms with Gasteiger partial charge in [-0.15, -0.1) is 12.6 Å². The Hall–Kier alpha value is -1.61. The highest BCUT2D eigenvalue weighted by molar-refractivity contribution is 7.80. The summed E-state index contributed by atoms with van der Waals surface area (Å²) in [6, 6.07) is 10.3. The van der Waals surface area contributed by atoms with Gasteiger partial charge >= 0.3 is 0 Å². The molecule has 0 unspecified atom stereocenters. The van der Waals surface area contributed by atoms with Crippen molar-refractivity contribution < 1.29 is 10.2 Å². The molecular formula is C13H12O2S. The third kappa shape index (κ3) is 1.99. The number of hydrogen-bond acceptors (Lipinski definition) is 3. The van der Waals surface area contributed by atoms with Gasteiger partial charge < -0.3 is 10.2 Å². The van der Waals surface area contributed by atoms with Gasteiger partial charge in [0.1, 0.15) is 11.5 Å². The Morgan fingerprint density at radius 3 is 2.38 bits per heavy atom. The van der Waals surface area contributed by atoms with Crippen molar-refractivity contribution >= 4 is 12.6 Å². The minimum atomic E-state index is 0.0591. The Bertz CT molecular complexity index is 535. The molecule has 0 fully saturated rings. The lowest BCUT2D eigenvalue weighted by Gasteiger charge is -2.07. The molecule has 0 bridgehead atoms. The summed E-state index contributed by atoms with van der Waals surface area (Å²) in [5.41, 5.74) is 2.66. The van der Waals surface area contributed by atoms with Gasteiger partial charge in [0.05, 0.1) is 0 Å². The van der Waals surface area contributed by atoms with Crippen LogP contribution in [0.5, 0.6) is 11.5 Å². The molecule has 82 valence electrons. The largest absolute Gasteiger partial charge is 0.508 e. The highest BCUT2D eigenvalue weighted by atomic mass is 32.1. The first-order valence-corrected chi connectivity index (χ1v) is 5.34. The monoisotopic (exact) mass is 232 g/mol. The van der Waals surface area contributed by atoms with E-state index in [1.807, 2.05) is 25.1 Å². The van der Waals surface area contributed by atoms with E-state index in [1.165, 1.54) is 6.07 Å². The maximum Gasteiger partial charge on any atom is 0.127 e. The second-order valence-electron chi connectivity index (χ2n) is 3.70. The molecule has 0 heterocycles. The highest BCUT2D eigenvalue weighted by Gasteiger charge is 2.06. The van der Waals surface area contributed by atoms with Gasteiger partial charge in [0.15, 0.2) is 0 Å². The number of aryl methyl sites for hydroxylation is 1. The minimum Gasteiger partial charge on any atom is -0.508 e. The molecule has 2 rings (SSSR count). The first kappa shape index (κ1) is 10.9. The Kier molecular flexibility index (Phi) is 2.79. The van der Waals surface area contributed by atoms with Crippen LogP contribution in [0, 0.1) is 6.92 Å². The van der Waals surface area contributed by atoms with Crippen LogP contribution in [0.15, 0.2) is 41.3 Å². The van der Waals surface area contributed by atoms with Crippen LogP contribution in [-0.2, 0) is 0 Å². The number of hydrogen-bond donors (Lipinski definition) is 3. The Morgan fingerprint density at radius 2 is 1.75 bits per heavy atom. The summed E-state index contributed by atoms with van der Waals surface area (Å²) in [6.07, 6.45) is 0. The van der Waals surface area contributed by atoms with E-state index >= 15 is 0 Å². The van der Waals surface area contributed by atoms with Gasteiger partial charge in [-0.2, -0.15) is 0 Å². The normalized spacial score (nSPS) is 10.4. The first-order valence-electron chi connectivity index (χ1n) is 4.90. The molecule has 0 spiro atoms. The number of benzene rings is 2. The van der Waals surface area contributed by atoms with E-state index in [4.69, 9.17) is 0 Å². The van der Waals surface area contributed by atoms with E-state index < -0.39 is 0 Å². The molecule has 2 aromatic rings. The zero-order valence-electron chi connectivity index (χ0n) is 8.81. The third-order valence-electron chi connectivity index (χ3n) is 2.49. The van der Waals surface area contributed by atoms with E-state index in [1.54, 1.807) is 12.1 Å². The standard InChI is InChI=1S/C13H12O2S/c1-8-6-9(2-5-13(8)16)11-4-3-10(14)7-12(11)15/h2-7,14-16H,1H3. The fourth-order valence-electron chi connectivity index (χ4n) is 1.59. The van der Waals surface area contributed by atoms with Crippen LogP contribution in [0.2, 0.25) is 0 Å². The highest BCUT2D eigenvalue weighted by Crippen LogP contribution is 2.33. The Labute approximate surface area is 99.6 Å². The van der Waals surface area contributed by atoms with Crippen molar-refractivity contribution in [3.63, 3.8) is 0 Å². The van der Waals surface area contributed by atoms with Crippen LogP contribution in [0.4, 0.5) is 0 Å². The molecule has 2 aromatic carbocycles. The molecule has 3 heteroatoms. The first-order chi connectivity index (χ1) is 7.58. The second-order valence-corrected chi connectivity index (χ2v) is 4.18. The van der Waals surface area contributed by atoms with Crippen molar-refractivity contribution in [2.75, 3.05) is 0 Å².